The summed E-state index contributed by atoms with van der Waals surface area (Å²) >= 11 is 1.34. The number of nitriles is 1. The van der Waals surface area contributed by atoms with E-state index in [9.17, 15) is 5.26 Å². The molecule has 0 unspecified atom stereocenters. The van der Waals surface area contributed by atoms with Crippen LogP contribution >= 0.6 is 11.3 Å². The zero-order valence-electron chi connectivity index (χ0n) is 17.7. The van der Waals surface area contributed by atoms with Gasteiger partial charge >= 0.3 is 0 Å². The maximum absolute atomic E-state index is 9.24. The molecule has 4 aromatic rings. The maximum atomic E-state index is 9.24. The molecular formula is C25H22N4O2S. The molecule has 0 spiro atoms. The predicted molar refractivity (Wildman–Crippen MR) is 126 cm³/mol. The van der Waals surface area contributed by atoms with Crippen molar-refractivity contribution in [2.75, 3.05) is 7.11 Å². The zero-order valence-corrected chi connectivity index (χ0v) is 18.5. The van der Waals surface area contributed by atoms with Gasteiger partial charge in [0.2, 0.25) is 0 Å². The number of hydrogen-bond donors (Lipinski definition) is 0. The minimum Gasteiger partial charge on any atom is -0.493 e. The van der Waals surface area contributed by atoms with Gasteiger partial charge in [0.05, 0.1) is 30.4 Å². The molecule has 1 fully saturated rings. The fraction of sp³-hybridized carbons (Fsp3) is 0.240. The lowest BCUT2D eigenvalue weighted by Gasteiger charge is -2.18. The topological polar surface area (TPSA) is 73.0 Å². The predicted octanol–water partition coefficient (Wildman–Crippen LogP) is 5.85. The second kappa shape index (κ2) is 8.85. The average molecular weight is 443 g/mol. The third-order valence-electron chi connectivity index (χ3n) is 5.61. The minimum absolute atomic E-state index is 0.225. The SMILES string of the molecule is COc1cccc(C=Cc2nc3ccccc3n2-c2ncc(C#N)s2)c1OC1CCCC1. The van der Waals surface area contributed by atoms with E-state index in [0.29, 0.717) is 10.0 Å². The molecule has 7 heteroatoms. The van der Waals surface area contributed by atoms with E-state index >= 15 is 0 Å². The van der Waals surface area contributed by atoms with Crippen LogP contribution in [0.1, 0.15) is 41.9 Å². The number of fused-ring (bicyclic) bond motifs is 1. The summed E-state index contributed by atoms with van der Waals surface area (Å²) in [6.07, 6.45) is 10.3. The second-order valence-electron chi connectivity index (χ2n) is 7.65. The number of hydrogen-bond acceptors (Lipinski definition) is 6. The molecule has 0 radical (unpaired) electrons. The van der Waals surface area contributed by atoms with Gasteiger partial charge in [0.1, 0.15) is 16.8 Å². The van der Waals surface area contributed by atoms with Gasteiger partial charge in [0, 0.05) is 5.56 Å². The lowest BCUT2D eigenvalue weighted by atomic mass is 10.1. The van der Waals surface area contributed by atoms with E-state index in [1.807, 2.05) is 59.2 Å². The van der Waals surface area contributed by atoms with E-state index in [1.165, 1.54) is 24.2 Å². The summed E-state index contributed by atoms with van der Waals surface area (Å²) in [5.74, 6) is 2.23. The van der Waals surface area contributed by atoms with E-state index in [4.69, 9.17) is 14.5 Å². The van der Waals surface area contributed by atoms with Crippen molar-refractivity contribution in [1.29, 1.82) is 5.26 Å². The largest absolute Gasteiger partial charge is 0.493 e. The molecule has 0 aliphatic heterocycles. The first kappa shape index (κ1) is 20.3. The van der Waals surface area contributed by atoms with Crippen molar-refractivity contribution in [3.63, 3.8) is 0 Å². The Morgan fingerprint density at radius 1 is 1.12 bits per heavy atom. The summed E-state index contributed by atoms with van der Waals surface area (Å²) in [6, 6.07) is 16.0. The Balaban J connectivity index is 1.57. The van der Waals surface area contributed by atoms with E-state index in [1.54, 1.807) is 13.3 Å². The molecule has 2 heterocycles. The summed E-state index contributed by atoms with van der Waals surface area (Å²) < 4.78 is 13.9. The Hall–Kier alpha value is -3.63. The number of aromatic nitrogens is 3. The van der Waals surface area contributed by atoms with Gasteiger partial charge in [0.15, 0.2) is 16.6 Å². The van der Waals surface area contributed by atoms with Crippen LogP contribution in [0.25, 0.3) is 28.3 Å². The number of ether oxygens (including phenoxy) is 2. The Morgan fingerprint density at radius 3 is 2.75 bits per heavy atom. The fourth-order valence-corrected chi connectivity index (χ4v) is 4.80. The Morgan fingerprint density at radius 2 is 1.97 bits per heavy atom. The quantitative estimate of drug-likeness (QED) is 0.374. The second-order valence-corrected chi connectivity index (χ2v) is 8.66. The molecule has 2 aromatic heterocycles. The van der Waals surface area contributed by atoms with Crippen molar-refractivity contribution in [2.45, 2.75) is 31.8 Å². The molecule has 0 N–H and O–H groups in total. The lowest BCUT2D eigenvalue weighted by molar-refractivity contribution is 0.200. The number of methoxy groups -OCH3 is 1. The highest BCUT2D eigenvalue weighted by molar-refractivity contribution is 7.14. The van der Waals surface area contributed by atoms with Crippen molar-refractivity contribution in [1.82, 2.24) is 14.5 Å². The molecule has 0 saturated heterocycles. The van der Waals surface area contributed by atoms with Crippen molar-refractivity contribution in [3.05, 3.63) is 64.9 Å². The van der Waals surface area contributed by atoms with Crippen LogP contribution < -0.4 is 9.47 Å². The average Bonchev–Trinajstić information content (AvgIpc) is 3.57. The Labute approximate surface area is 190 Å². The number of para-hydroxylation sites is 3. The number of benzene rings is 2. The number of nitrogens with zero attached hydrogens (tertiary/aromatic N) is 4. The molecule has 0 amide bonds. The third kappa shape index (κ3) is 3.85. The highest BCUT2D eigenvalue weighted by Gasteiger charge is 2.20. The van der Waals surface area contributed by atoms with E-state index in [2.05, 4.69) is 11.1 Å². The minimum atomic E-state index is 0.225. The third-order valence-corrected chi connectivity index (χ3v) is 6.50. The van der Waals surface area contributed by atoms with Gasteiger partial charge in [-0.25, -0.2) is 9.97 Å². The molecule has 160 valence electrons. The van der Waals surface area contributed by atoms with E-state index in [-0.39, 0.29) is 6.10 Å². The molecule has 5 rings (SSSR count). The van der Waals surface area contributed by atoms with Gasteiger partial charge in [-0.3, -0.25) is 4.57 Å². The molecule has 0 atom stereocenters. The van der Waals surface area contributed by atoms with Gasteiger partial charge < -0.3 is 9.47 Å². The first-order valence-corrected chi connectivity index (χ1v) is 11.4. The summed E-state index contributed by atoms with van der Waals surface area (Å²) in [7, 11) is 1.67. The molecule has 2 aromatic carbocycles. The number of rotatable bonds is 6. The Bertz CT molecular complexity index is 1330. The monoisotopic (exact) mass is 442 g/mol. The lowest BCUT2D eigenvalue weighted by Crippen LogP contribution is -2.12. The smallest absolute Gasteiger partial charge is 0.197 e. The molecule has 1 aliphatic carbocycles. The van der Waals surface area contributed by atoms with Crippen molar-refractivity contribution in [2.24, 2.45) is 0 Å². The first-order chi connectivity index (χ1) is 15.8. The zero-order chi connectivity index (χ0) is 21.9. The summed E-state index contributed by atoms with van der Waals surface area (Å²) in [5, 5.41) is 9.95. The van der Waals surface area contributed by atoms with Crippen molar-refractivity contribution in [3.8, 4) is 22.7 Å². The van der Waals surface area contributed by atoms with Crippen molar-refractivity contribution < 1.29 is 9.47 Å². The summed E-state index contributed by atoms with van der Waals surface area (Å²) in [4.78, 5) is 9.81. The van der Waals surface area contributed by atoms with Crippen LogP contribution in [0.2, 0.25) is 0 Å². The van der Waals surface area contributed by atoms with Crippen LogP contribution in [-0.2, 0) is 0 Å². The van der Waals surface area contributed by atoms with Crippen LogP contribution in [0.3, 0.4) is 0 Å². The van der Waals surface area contributed by atoms with Gasteiger partial charge in [-0.1, -0.05) is 35.6 Å². The van der Waals surface area contributed by atoms with Gasteiger partial charge in [0.25, 0.3) is 0 Å². The Kier molecular flexibility index (Phi) is 5.61. The van der Waals surface area contributed by atoms with Crippen LogP contribution in [0, 0.1) is 11.3 Å². The van der Waals surface area contributed by atoms with Gasteiger partial charge in [-0.05, 0) is 56.0 Å². The highest BCUT2D eigenvalue weighted by atomic mass is 32.1. The molecule has 32 heavy (non-hydrogen) atoms. The first-order valence-electron chi connectivity index (χ1n) is 10.6. The van der Waals surface area contributed by atoms with Crippen LogP contribution in [0.5, 0.6) is 11.5 Å². The van der Waals surface area contributed by atoms with Crippen LogP contribution in [0.15, 0.2) is 48.7 Å². The van der Waals surface area contributed by atoms with Crippen LogP contribution in [0.4, 0.5) is 0 Å². The van der Waals surface area contributed by atoms with Crippen LogP contribution in [-0.4, -0.2) is 27.7 Å². The summed E-state index contributed by atoms with van der Waals surface area (Å²) in [6.45, 7) is 0. The van der Waals surface area contributed by atoms with Gasteiger partial charge in [-0.15, -0.1) is 0 Å². The molecule has 0 bridgehead atoms. The number of imidazole rings is 1. The molecule has 6 nitrogen and oxygen atoms in total. The maximum Gasteiger partial charge on any atom is 0.197 e. The summed E-state index contributed by atoms with van der Waals surface area (Å²) in [5.41, 5.74) is 2.75. The normalized spacial score (nSPS) is 14.2. The highest BCUT2D eigenvalue weighted by Crippen LogP contribution is 2.36. The molecular weight excluding hydrogens is 420 g/mol. The van der Waals surface area contributed by atoms with Gasteiger partial charge in [-0.2, -0.15) is 5.26 Å². The molecule has 1 saturated carbocycles. The molecule has 1 aliphatic rings. The van der Waals surface area contributed by atoms with E-state index < -0.39 is 0 Å². The van der Waals surface area contributed by atoms with E-state index in [0.717, 1.165) is 46.8 Å². The fourth-order valence-electron chi connectivity index (χ4n) is 4.07. The number of thiazole rings is 1. The van der Waals surface area contributed by atoms with Crippen molar-refractivity contribution >= 4 is 34.5 Å². The standard InChI is InChI=1S/C25H22N4O2S/c1-30-22-12-6-7-17(24(22)31-18-8-2-3-9-18)13-14-23-28-20-10-4-5-11-21(20)29(23)25-27-16-19(15-26)32-25/h4-7,10-14,16,18H,2-3,8-9H2,1H3.